The number of aryl methyl sites for hydroxylation is 1. The Hall–Kier alpha value is -3.23. The van der Waals surface area contributed by atoms with Gasteiger partial charge in [-0.05, 0) is 61.5 Å². The topological polar surface area (TPSA) is 77.0 Å². The van der Waals surface area contributed by atoms with Crippen molar-refractivity contribution in [1.82, 2.24) is 15.0 Å². The van der Waals surface area contributed by atoms with E-state index in [1.807, 2.05) is 31.2 Å². The third kappa shape index (κ3) is 5.43. The van der Waals surface area contributed by atoms with Gasteiger partial charge < -0.3 is 10.1 Å². The average Bonchev–Trinajstić information content (AvgIpc) is 3.20. The summed E-state index contributed by atoms with van der Waals surface area (Å²) in [5.74, 6) is 1.25. The van der Waals surface area contributed by atoms with Gasteiger partial charge in [-0.1, -0.05) is 0 Å². The highest BCUT2D eigenvalue weighted by Gasteiger charge is 2.08. The summed E-state index contributed by atoms with van der Waals surface area (Å²) >= 11 is 3.36. The maximum Gasteiger partial charge on any atom is 0.321 e. The van der Waals surface area contributed by atoms with Gasteiger partial charge in [0.25, 0.3) is 5.91 Å². The third-order valence-electron chi connectivity index (χ3n) is 4.03. The Morgan fingerprint density at radius 2 is 1.80 bits per heavy atom. The quantitative estimate of drug-likeness (QED) is 0.383. The fourth-order valence-corrected chi connectivity index (χ4v) is 4.10. The minimum absolute atomic E-state index is 0.165. The van der Waals surface area contributed by atoms with Crippen LogP contribution < -0.4 is 10.1 Å². The van der Waals surface area contributed by atoms with Crippen molar-refractivity contribution in [1.29, 1.82) is 0 Å². The van der Waals surface area contributed by atoms with E-state index in [1.165, 1.54) is 0 Å². The molecule has 0 atom stereocenters. The fraction of sp³-hybridized carbons (Fsp3) is 0.0909. The minimum Gasteiger partial charge on any atom is -0.424 e. The number of rotatable bonds is 7. The van der Waals surface area contributed by atoms with Gasteiger partial charge in [-0.15, -0.1) is 23.1 Å². The van der Waals surface area contributed by atoms with Crippen molar-refractivity contribution in [3.05, 3.63) is 88.6 Å². The second-order valence-corrected chi connectivity index (χ2v) is 8.39. The van der Waals surface area contributed by atoms with E-state index in [0.29, 0.717) is 17.0 Å². The first kappa shape index (κ1) is 20.1. The average molecular weight is 435 g/mol. The first-order valence-corrected chi connectivity index (χ1v) is 11.0. The van der Waals surface area contributed by atoms with E-state index in [1.54, 1.807) is 65.8 Å². The lowest BCUT2D eigenvalue weighted by Crippen LogP contribution is -2.11. The van der Waals surface area contributed by atoms with Crippen LogP contribution in [0.1, 0.15) is 21.1 Å². The monoisotopic (exact) mass is 434 g/mol. The summed E-state index contributed by atoms with van der Waals surface area (Å²) in [6.45, 7) is 2.00. The van der Waals surface area contributed by atoms with Crippen molar-refractivity contribution in [2.45, 2.75) is 17.6 Å². The van der Waals surface area contributed by atoms with Crippen molar-refractivity contribution in [2.24, 2.45) is 0 Å². The number of hydrogen-bond acceptors (Lipinski definition) is 7. The first-order chi connectivity index (χ1) is 14.7. The van der Waals surface area contributed by atoms with Crippen molar-refractivity contribution in [2.75, 3.05) is 5.32 Å². The van der Waals surface area contributed by atoms with Crippen LogP contribution in [-0.4, -0.2) is 20.9 Å². The van der Waals surface area contributed by atoms with Crippen molar-refractivity contribution < 1.29 is 9.53 Å². The third-order valence-corrected chi connectivity index (χ3v) is 5.90. The van der Waals surface area contributed by atoms with Gasteiger partial charge in [0.15, 0.2) is 0 Å². The van der Waals surface area contributed by atoms with Gasteiger partial charge >= 0.3 is 6.01 Å². The van der Waals surface area contributed by atoms with Crippen molar-refractivity contribution in [3.8, 4) is 11.8 Å². The number of thiazole rings is 1. The second kappa shape index (κ2) is 9.51. The Kier molecular flexibility index (Phi) is 6.36. The summed E-state index contributed by atoms with van der Waals surface area (Å²) in [7, 11) is 0. The molecule has 0 spiro atoms. The van der Waals surface area contributed by atoms with Gasteiger partial charge in [0.1, 0.15) is 5.75 Å². The highest BCUT2D eigenvalue weighted by molar-refractivity contribution is 7.98. The molecule has 4 rings (SSSR count). The molecule has 1 N–H and O–H groups in total. The van der Waals surface area contributed by atoms with Gasteiger partial charge in [0, 0.05) is 39.7 Å². The normalized spacial score (nSPS) is 10.6. The molecule has 0 saturated carbocycles. The van der Waals surface area contributed by atoms with Crippen LogP contribution >= 0.6 is 23.1 Å². The number of hydrogen-bond donors (Lipinski definition) is 1. The molecule has 2 aromatic heterocycles. The minimum atomic E-state index is -0.165. The fourth-order valence-electron chi connectivity index (χ4n) is 2.59. The molecule has 0 saturated heterocycles. The Morgan fingerprint density at radius 3 is 2.47 bits per heavy atom. The van der Waals surface area contributed by atoms with Crippen LogP contribution in [0.25, 0.3) is 0 Å². The SMILES string of the molecule is Cc1nc(CSc2ccc(C(=O)Nc3ccc(Oc4ncccn4)cc3)cc2)cs1. The summed E-state index contributed by atoms with van der Waals surface area (Å²) in [6.07, 6.45) is 3.22. The molecule has 2 aromatic carbocycles. The molecule has 30 heavy (non-hydrogen) atoms. The number of ether oxygens (including phenoxy) is 1. The highest BCUT2D eigenvalue weighted by Crippen LogP contribution is 2.24. The molecule has 1 amide bonds. The zero-order chi connectivity index (χ0) is 20.8. The number of nitrogens with one attached hydrogen (secondary N) is 1. The molecule has 2 heterocycles. The molecule has 4 aromatic rings. The molecule has 0 unspecified atom stereocenters. The summed E-state index contributed by atoms with van der Waals surface area (Å²) in [5.41, 5.74) is 2.36. The van der Waals surface area contributed by atoms with E-state index >= 15 is 0 Å². The van der Waals surface area contributed by atoms with Crippen LogP contribution in [0.2, 0.25) is 0 Å². The predicted octanol–water partition coefficient (Wildman–Crippen LogP) is 5.58. The smallest absolute Gasteiger partial charge is 0.321 e. The molecule has 6 nitrogen and oxygen atoms in total. The number of amides is 1. The molecule has 0 radical (unpaired) electrons. The lowest BCUT2D eigenvalue weighted by molar-refractivity contribution is 0.102. The van der Waals surface area contributed by atoms with Crippen molar-refractivity contribution >= 4 is 34.7 Å². The number of benzene rings is 2. The number of aromatic nitrogens is 3. The summed E-state index contributed by atoms with van der Waals surface area (Å²) < 4.78 is 5.55. The Morgan fingerprint density at radius 1 is 1.07 bits per heavy atom. The Labute approximate surface area is 182 Å². The largest absolute Gasteiger partial charge is 0.424 e. The number of nitrogens with zero attached hydrogens (tertiary/aromatic N) is 3. The first-order valence-electron chi connectivity index (χ1n) is 9.16. The van der Waals surface area contributed by atoms with E-state index < -0.39 is 0 Å². The van der Waals surface area contributed by atoms with Gasteiger partial charge in [0.2, 0.25) is 0 Å². The van der Waals surface area contributed by atoms with Crippen LogP contribution in [0.4, 0.5) is 5.69 Å². The zero-order valence-corrected chi connectivity index (χ0v) is 17.7. The van der Waals surface area contributed by atoms with Crippen LogP contribution in [0, 0.1) is 6.92 Å². The van der Waals surface area contributed by atoms with E-state index in [4.69, 9.17) is 4.74 Å². The number of carbonyl (C=O) groups excluding carboxylic acids is 1. The van der Waals surface area contributed by atoms with Crippen LogP contribution in [0.3, 0.4) is 0 Å². The number of carbonyl (C=O) groups is 1. The molecule has 0 aliphatic carbocycles. The van der Waals surface area contributed by atoms with Gasteiger partial charge in [-0.2, -0.15) is 0 Å². The maximum absolute atomic E-state index is 12.5. The molecule has 8 heteroatoms. The van der Waals surface area contributed by atoms with Crippen LogP contribution in [0.15, 0.2) is 77.3 Å². The summed E-state index contributed by atoms with van der Waals surface area (Å²) in [6, 6.07) is 16.6. The van der Waals surface area contributed by atoms with E-state index in [-0.39, 0.29) is 11.9 Å². The molecule has 0 aliphatic heterocycles. The lowest BCUT2D eigenvalue weighted by atomic mass is 10.2. The maximum atomic E-state index is 12.5. The van der Waals surface area contributed by atoms with Gasteiger partial charge in [0.05, 0.1) is 10.7 Å². The molecule has 0 fully saturated rings. The summed E-state index contributed by atoms with van der Waals surface area (Å²) in [5, 5.41) is 6.04. The summed E-state index contributed by atoms with van der Waals surface area (Å²) in [4.78, 5) is 26.1. The number of thioether (sulfide) groups is 1. The Bertz CT molecular complexity index is 1110. The van der Waals surface area contributed by atoms with E-state index in [2.05, 4.69) is 25.6 Å². The van der Waals surface area contributed by atoms with E-state index in [0.717, 1.165) is 21.3 Å². The number of anilines is 1. The van der Waals surface area contributed by atoms with Crippen LogP contribution in [-0.2, 0) is 5.75 Å². The molecular formula is C22H18N4O2S2. The molecular weight excluding hydrogens is 416 g/mol. The van der Waals surface area contributed by atoms with Gasteiger partial charge in [-0.25, -0.2) is 15.0 Å². The molecule has 0 bridgehead atoms. The molecule has 0 aliphatic rings. The molecule has 150 valence electrons. The predicted molar refractivity (Wildman–Crippen MR) is 119 cm³/mol. The van der Waals surface area contributed by atoms with Gasteiger partial charge in [-0.3, -0.25) is 4.79 Å². The Balaban J connectivity index is 1.32. The lowest BCUT2D eigenvalue weighted by Gasteiger charge is -2.08. The second-order valence-electron chi connectivity index (χ2n) is 6.28. The van der Waals surface area contributed by atoms with Crippen molar-refractivity contribution in [3.63, 3.8) is 0 Å². The van der Waals surface area contributed by atoms with E-state index in [9.17, 15) is 4.79 Å². The standard InChI is InChI=1S/C22H18N4O2S2/c1-15-25-18(13-29-15)14-30-20-9-3-16(4-10-20)21(27)26-17-5-7-19(8-6-17)28-22-23-11-2-12-24-22/h2-13H,14H2,1H3,(H,26,27). The van der Waals surface area contributed by atoms with Crippen LogP contribution in [0.5, 0.6) is 11.8 Å². The highest BCUT2D eigenvalue weighted by atomic mass is 32.2. The zero-order valence-electron chi connectivity index (χ0n) is 16.1.